The minimum Gasteiger partial charge on any atom is -0.473 e. The number of aliphatic carboxylic acids is 2. The van der Waals surface area contributed by atoms with Crippen LogP contribution < -0.4 is 5.32 Å². The lowest BCUT2D eigenvalue weighted by Gasteiger charge is -2.31. The van der Waals surface area contributed by atoms with Gasteiger partial charge in [0.05, 0.1) is 28.3 Å². The fourth-order valence-corrected chi connectivity index (χ4v) is 5.17. The van der Waals surface area contributed by atoms with Crippen molar-refractivity contribution in [1.82, 2.24) is 29.4 Å². The SMILES string of the molecule is O=C(O)C(=O)O.c1ccc(Cn2c(CC3CCN(CCNc4nc5ccncc5[nH]4)CC3)nc3ccccc32)cc1. The molecule has 0 spiro atoms. The normalized spacial score (nSPS) is 14.0. The molecule has 0 atom stereocenters. The number of carboxylic acid groups (broad SMARTS) is 2. The Balaban J connectivity index is 0.000000511. The zero-order chi connectivity index (χ0) is 28.6. The summed E-state index contributed by atoms with van der Waals surface area (Å²) in [6.45, 7) is 5.04. The van der Waals surface area contributed by atoms with E-state index in [4.69, 9.17) is 24.8 Å². The smallest absolute Gasteiger partial charge is 0.414 e. The number of aromatic nitrogens is 5. The van der Waals surface area contributed by atoms with Crippen LogP contribution in [0.5, 0.6) is 0 Å². The maximum atomic E-state index is 9.10. The first-order chi connectivity index (χ1) is 20.0. The number of hydrogen-bond donors (Lipinski definition) is 4. The van der Waals surface area contributed by atoms with Gasteiger partial charge in [0.2, 0.25) is 5.95 Å². The van der Waals surface area contributed by atoms with Gasteiger partial charge >= 0.3 is 11.9 Å². The van der Waals surface area contributed by atoms with Crippen LogP contribution in [0.1, 0.15) is 24.2 Å². The number of nitrogens with one attached hydrogen (secondary N) is 2. The Labute approximate surface area is 236 Å². The number of carboxylic acids is 2. The lowest BCUT2D eigenvalue weighted by molar-refractivity contribution is -0.159. The third-order valence-corrected chi connectivity index (χ3v) is 7.28. The number of para-hydroxylation sites is 2. The molecule has 2 aromatic carbocycles. The van der Waals surface area contributed by atoms with Gasteiger partial charge in [-0.2, -0.15) is 0 Å². The van der Waals surface area contributed by atoms with E-state index in [0.29, 0.717) is 5.92 Å². The summed E-state index contributed by atoms with van der Waals surface area (Å²) in [5, 5.41) is 18.2. The third-order valence-electron chi connectivity index (χ3n) is 7.28. The van der Waals surface area contributed by atoms with Crippen LogP contribution in [0.25, 0.3) is 22.1 Å². The van der Waals surface area contributed by atoms with Crippen LogP contribution in [0.2, 0.25) is 0 Å². The molecule has 4 heterocycles. The number of imidazole rings is 2. The number of H-pyrrole nitrogens is 1. The van der Waals surface area contributed by atoms with Gasteiger partial charge in [0, 0.05) is 32.3 Å². The van der Waals surface area contributed by atoms with Crippen molar-refractivity contribution in [3.63, 3.8) is 0 Å². The molecule has 0 saturated carbocycles. The molecule has 0 amide bonds. The lowest BCUT2D eigenvalue weighted by atomic mass is 9.93. The van der Waals surface area contributed by atoms with E-state index in [2.05, 4.69) is 84.3 Å². The molecule has 1 aliphatic rings. The Kier molecular flexibility index (Phi) is 8.85. The lowest BCUT2D eigenvalue weighted by Crippen LogP contribution is -2.37. The first-order valence-electron chi connectivity index (χ1n) is 13.7. The Morgan fingerprint density at radius 3 is 2.39 bits per heavy atom. The molecule has 11 nitrogen and oxygen atoms in total. The van der Waals surface area contributed by atoms with E-state index >= 15 is 0 Å². The second-order valence-electron chi connectivity index (χ2n) is 10.1. The van der Waals surface area contributed by atoms with E-state index in [0.717, 1.165) is 61.6 Å². The summed E-state index contributed by atoms with van der Waals surface area (Å²) in [5.74, 6) is -0.937. The second kappa shape index (κ2) is 13.1. The Morgan fingerprint density at radius 2 is 1.66 bits per heavy atom. The largest absolute Gasteiger partial charge is 0.473 e. The summed E-state index contributed by atoms with van der Waals surface area (Å²) in [7, 11) is 0. The minimum atomic E-state index is -1.82. The number of carbonyl (C=O) groups is 2. The molecule has 5 aromatic rings. The first-order valence-corrected chi connectivity index (χ1v) is 13.7. The molecule has 1 aliphatic heterocycles. The van der Waals surface area contributed by atoms with Crippen molar-refractivity contribution in [1.29, 1.82) is 0 Å². The Bertz CT molecular complexity index is 1560. The van der Waals surface area contributed by atoms with E-state index in [1.165, 1.54) is 29.7 Å². The molecule has 1 fully saturated rings. The summed E-state index contributed by atoms with van der Waals surface area (Å²) < 4.78 is 2.42. The van der Waals surface area contributed by atoms with Crippen LogP contribution in [0.3, 0.4) is 0 Å². The fourth-order valence-electron chi connectivity index (χ4n) is 5.17. The van der Waals surface area contributed by atoms with Gasteiger partial charge in [0.1, 0.15) is 5.82 Å². The molecule has 11 heteroatoms. The summed E-state index contributed by atoms with van der Waals surface area (Å²) in [6, 6.07) is 21.2. The van der Waals surface area contributed by atoms with Crippen LogP contribution in [0, 0.1) is 5.92 Å². The summed E-state index contributed by atoms with van der Waals surface area (Å²) in [5.41, 5.74) is 5.56. The number of hydrogen-bond acceptors (Lipinski definition) is 7. The number of rotatable bonds is 8. The van der Waals surface area contributed by atoms with E-state index < -0.39 is 11.9 Å². The molecule has 0 radical (unpaired) electrons. The molecule has 41 heavy (non-hydrogen) atoms. The van der Waals surface area contributed by atoms with Crippen molar-refractivity contribution in [3.8, 4) is 0 Å². The number of anilines is 1. The van der Waals surface area contributed by atoms with Crippen LogP contribution in [0.4, 0.5) is 5.95 Å². The van der Waals surface area contributed by atoms with Gasteiger partial charge in [-0.3, -0.25) is 4.98 Å². The average Bonchev–Trinajstić information content (AvgIpc) is 3.55. The van der Waals surface area contributed by atoms with Crippen LogP contribution in [-0.4, -0.2) is 77.7 Å². The zero-order valence-corrected chi connectivity index (χ0v) is 22.6. The van der Waals surface area contributed by atoms with Crippen molar-refractivity contribution in [3.05, 3.63) is 84.4 Å². The molecular weight excluding hydrogens is 522 g/mol. The highest BCUT2D eigenvalue weighted by Crippen LogP contribution is 2.25. The molecule has 0 bridgehead atoms. The monoisotopic (exact) mass is 555 g/mol. The summed E-state index contributed by atoms with van der Waals surface area (Å²) >= 11 is 0. The molecule has 212 valence electrons. The van der Waals surface area contributed by atoms with Gasteiger partial charge in [0.25, 0.3) is 0 Å². The third kappa shape index (κ3) is 7.25. The highest BCUT2D eigenvalue weighted by Gasteiger charge is 2.22. The molecule has 1 saturated heterocycles. The quantitative estimate of drug-likeness (QED) is 0.209. The number of fused-ring (bicyclic) bond motifs is 2. The van der Waals surface area contributed by atoms with Crippen molar-refractivity contribution in [2.75, 3.05) is 31.5 Å². The number of aromatic amines is 1. The van der Waals surface area contributed by atoms with Crippen molar-refractivity contribution in [2.45, 2.75) is 25.8 Å². The minimum absolute atomic E-state index is 0.674. The average molecular weight is 556 g/mol. The van der Waals surface area contributed by atoms with Gasteiger partial charge in [-0.25, -0.2) is 19.6 Å². The van der Waals surface area contributed by atoms with Crippen molar-refractivity contribution < 1.29 is 19.8 Å². The Morgan fingerprint density at radius 1 is 0.927 bits per heavy atom. The van der Waals surface area contributed by atoms with Gasteiger partial charge in [-0.15, -0.1) is 0 Å². The highest BCUT2D eigenvalue weighted by molar-refractivity contribution is 6.27. The number of likely N-dealkylation sites (tertiary alicyclic amines) is 1. The molecule has 0 aliphatic carbocycles. The predicted molar refractivity (Wildman–Crippen MR) is 156 cm³/mol. The van der Waals surface area contributed by atoms with Gasteiger partial charge in [0.15, 0.2) is 0 Å². The van der Waals surface area contributed by atoms with Gasteiger partial charge < -0.3 is 30.0 Å². The van der Waals surface area contributed by atoms with Crippen molar-refractivity contribution in [2.24, 2.45) is 5.92 Å². The zero-order valence-electron chi connectivity index (χ0n) is 22.6. The number of nitrogens with zero attached hydrogens (tertiary/aromatic N) is 5. The number of pyridine rings is 1. The number of piperidine rings is 1. The maximum absolute atomic E-state index is 9.10. The summed E-state index contributed by atoms with van der Waals surface area (Å²) in [6.07, 6.45) is 7.05. The van der Waals surface area contributed by atoms with Crippen LogP contribution in [-0.2, 0) is 22.6 Å². The first kappa shape index (κ1) is 27.8. The predicted octanol–water partition coefficient (Wildman–Crippen LogP) is 3.88. The van der Waals surface area contributed by atoms with Gasteiger partial charge in [-0.05, 0) is 55.6 Å². The van der Waals surface area contributed by atoms with Crippen LogP contribution in [0.15, 0.2) is 73.1 Å². The fraction of sp³-hybridized carbons (Fsp3) is 0.300. The number of benzene rings is 2. The van der Waals surface area contributed by atoms with Crippen LogP contribution >= 0.6 is 0 Å². The van der Waals surface area contributed by atoms with Gasteiger partial charge in [-0.1, -0.05) is 42.5 Å². The molecule has 6 rings (SSSR count). The summed E-state index contributed by atoms with van der Waals surface area (Å²) in [4.78, 5) is 37.8. The molecule has 3 aromatic heterocycles. The van der Waals surface area contributed by atoms with E-state index in [1.54, 1.807) is 6.20 Å². The molecule has 4 N–H and O–H groups in total. The second-order valence-corrected chi connectivity index (χ2v) is 10.1. The van der Waals surface area contributed by atoms with E-state index in [-0.39, 0.29) is 0 Å². The maximum Gasteiger partial charge on any atom is 0.414 e. The van der Waals surface area contributed by atoms with E-state index in [1.807, 2.05) is 12.3 Å². The topological polar surface area (TPSA) is 149 Å². The highest BCUT2D eigenvalue weighted by atomic mass is 16.4. The Hall–Kier alpha value is -4.77. The van der Waals surface area contributed by atoms with E-state index in [9.17, 15) is 0 Å². The van der Waals surface area contributed by atoms with Crippen molar-refractivity contribution >= 4 is 40.0 Å². The molecule has 0 unspecified atom stereocenters. The molecular formula is C30H33N7O4. The standard InChI is InChI=1S/C28H31N7.C2H2O4/c1-2-6-22(7-3-1)20-35-26-9-5-4-8-24(26)31-27(35)18-21-11-15-34(16-12-21)17-14-30-28-32-23-10-13-29-19-25(23)33-28;3-1(4)2(5)6/h1-10,13,19,21H,11-12,14-18,20H2,(H2,30,32,33);(H,3,4)(H,5,6).